The third-order valence-electron chi connectivity index (χ3n) is 5.37. The highest BCUT2D eigenvalue weighted by atomic mass is 32.1. The average Bonchev–Trinajstić information content (AvgIpc) is 3.04. The molecule has 146 valence electrons. The monoisotopic (exact) mass is 395 g/mol. The molecule has 2 atom stereocenters. The van der Waals surface area contributed by atoms with Crippen molar-refractivity contribution in [3.8, 4) is 0 Å². The van der Waals surface area contributed by atoms with Gasteiger partial charge in [-0.3, -0.25) is 4.79 Å². The number of halogens is 2. The van der Waals surface area contributed by atoms with Crippen molar-refractivity contribution in [2.75, 3.05) is 11.9 Å². The van der Waals surface area contributed by atoms with Gasteiger partial charge in [-0.15, -0.1) is 11.3 Å². The number of benzene rings is 1. The zero-order valence-corrected chi connectivity index (χ0v) is 16.3. The smallest absolute Gasteiger partial charge is 0.246 e. The van der Waals surface area contributed by atoms with Gasteiger partial charge in [0, 0.05) is 35.9 Å². The zero-order valence-electron chi connectivity index (χ0n) is 15.5. The van der Waals surface area contributed by atoms with Crippen molar-refractivity contribution in [3.63, 3.8) is 0 Å². The summed E-state index contributed by atoms with van der Waals surface area (Å²) >= 11 is 1.28. The molecule has 0 radical (unpaired) electrons. The number of ether oxygens (including phenoxy) is 1. The van der Waals surface area contributed by atoms with Crippen LogP contribution in [0.15, 0.2) is 24.4 Å². The first-order chi connectivity index (χ1) is 12.7. The molecule has 2 aromatic rings. The lowest BCUT2D eigenvalue weighted by molar-refractivity contribution is -0.166. The van der Waals surface area contributed by atoms with Crippen molar-refractivity contribution in [3.05, 3.63) is 46.5 Å². The Kier molecular flexibility index (Phi) is 5.33. The van der Waals surface area contributed by atoms with E-state index in [4.69, 9.17) is 10.5 Å². The molecule has 0 saturated heterocycles. The SMILES string of the molecule is CCOC1CC(N)(C(=O)Nc2ncc(Cc3ccc(F)c(F)c3)s2)C1(C)C. The summed E-state index contributed by atoms with van der Waals surface area (Å²) in [7, 11) is 0. The summed E-state index contributed by atoms with van der Waals surface area (Å²) in [5.41, 5.74) is 5.48. The Hall–Kier alpha value is -1.90. The lowest BCUT2D eigenvalue weighted by atomic mass is 9.54. The van der Waals surface area contributed by atoms with Crippen molar-refractivity contribution >= 4 is 22.4 Å². The first-order valence-corrected chi connectivity index (χ1v) is 9.59. The molecule has 0 spiro atoms. The van der Waals surface area contributed by atoms with Gasteiger partial charge >= 0.3 is 0 Å². The Morgan fingerprint density at radius 2 is 2.15 bits per heavy atom. The van der Waals surface area contributed by atoms with E-state index in [1.807, 2.05) is 20.8 Å². The van der Waals surface area contributed by atoms with Crippen LogP contribution in [0.1, 0.15) is 37.6 Å². The molecule has 3 N–H and O–H groups in total. The minimum Gasteiger partial charge on any atom is -0.378 e. The number of carbonyl (C=O) groups is 1. The molecule has 0 aliphatic heterocycles. The summed E-state index contributed by atoms with van der Waals surface area (Å²) < 4.78 is 32.0. The maximum Gasteiger partial charge on any atom is 0.246 e. The summed E-state index contributed by atoms with van der Waals surface area (Å²) in [5.74, 6) is -2.05. The summed E-state index contributed by atoms with van der Waals surface area (Å²) in [6, 6.07) is 3.78. The van der Waals surface area contributed by atoms with Crippen LogP contribution >= 0.6 is 11.3 Å². The van der Waals surface area contributed by atoms with Gasteiger partial charge in [0.1, 0.15) is 5.54 Å². The van der Waals surface area contributed by atoms with Crippen molar-refractivity contribution in [1.82, 2.24) is 4.98 Å². The van der Waals surface area contributed by atoms with Crippen LogP contribution in [0.4, 0.5) is 13.9 Å². The molecule has 27 heavy (non-hydrogen) atoms. The summed E-state index contributed by atoms with van der Waals surface area (Å²) in [4.78, 5) is 17.7. The molecule has 1 aliphatic carbocycles. The van der Waals surface area contributed by atoms with Gasteiger partial charge in [0.2, 0.25) is 5.91 Å². The van der Waals surface area contributed by atoms with Crippen LogP contribution in [-0.2, 0) is 16.0 Å². The molecular formula is C19H23F2N3O2S. The fourth-order valence-corrected chi connectivity index (χ4v) is 4.17. The van der Waals surface area contributed by atoms with Crippen LogP contribution in [0.25, 0.3) is 0 Å². The number of aromatic nitrogens is 1. The Balaban J connectivity index is 1.65. The van der Waals surface area contributed by atoms with Crippen LogP contribution in [0.5, 0.6) is 0 Å². The van der Waals surface area contributed by atoms with E-state index in [9.17, 15) is 13.6 Å². The molecule has 1 aromatic carbocycles. The Morgan fingerprint density at radius 3 is 2.78 bits per heavy atom. The number of anilines is 1. The maximum absolute atomic E-state index is 13.3. The third kappa shape index (κ3) is 3.61. The van der Waals surface area contributed by atoms with Gasteiger partial charge in [-0.05, 0) is 24.6 Å². The van der Waals surface area contributed by atoms with Crippen LogP contribution in [0, 0.1) is 17.0 Å². The van der Waals surface area contributed by atoms with Gasteiger partial charge in [0.15, 0.2) is 16.8 Å². The van der Waals surface area contributed by atoms with Gasteiger partial charge in [-0.1, -0.05) is 19.9 Å². The average molecular weight is 395 g/mol. The summed E-state index contributed by atoms with van der Waals surface area (Å²) in [6.45, 7) is 6.34. The second-order valence-electron chi connectivity index (χ2n) is 7.35. The molecule has 1 aromatic heterocycles. The summed E-state index contributed by atoms with van der Waals surface area (Å²) in [5, 5.41) is 3.21. The number of nitrogens with zero attached hydrogens (tertiary/aromatic N) is 1. The van der Waals surface area contributed by atoms with Gasteiger partial charge in [-0.2, -0.15) is 0 Å². The predicted molar refractivity (Wildman–Crippen MR) is 101 cm³/mol. The normalized spacial score (nSPS) is 23.7. The molecule has 1 saturated carbocycles. The van der Waals surface area contributed by atoms with E-state index >= 15 is 0 Å². The van der Waals surface area contributed by atoms with Crippen LogP contribution < -0.4 is 11.1 Å². The number of rotatable bonds is 6. The third-order valence-corrected chi connectivity index (χ3v) is 6.28. The molecule has 0 bridgehead atoms. The molecular weight excluding hydrogens is 372 g/mol. The van der Waals surface area contributed by atoms with E-state index in [0.29, 0.717) is 30.1 Å². The molecule has 1 heterocycles. The number of nitrogens with two attached hydrogens (primary N) is 1. The van der Waals surface area contributed by atoms with Crippen LogP contribution in [0.2, 0.25) is 0 Å². The highest BCUT2D eigenvalue weighted by Crippen LogP contribution is 2.50. The zero-order chi connectivity index (χ0) is 19.8. The fourth-order valence-electron chi connectivity index (χ4n) is 3.33. The minimum absolute atomic E-state index is 0.0570. The Labute approximate surface area is 160 Å². The maximum atomic E-state index is 13.3. The van der Waals surface area contributed by atoms with Crippen molar-refractivity contribution in [2.24, 2.45) is 11.1 Å². The number of nitrogens with one attached hydrogen (secondary N) is 1. The van der Waals surface area contributed by atoms with Gasteiger partial charge in [-0.25, -0.2) is 13.8 Å². The second-order valence-corrected chi connectivity index (χ2v) is 8.47. The molecule has 3 rings (SSSR count). The molecule has 1 aliphatic rings. The van der Waals surface area contributed by atoms with E-state index in [2.05, 4.69) is 10.3 Å². The minimum atomic E-state index is -1.03. The largest absolute Gasteiger partial charge is 0.378 e. The first kappa shape index (κ1) is 19.9. The van der Waals surface area contributed by atoms with E-state index in [0.717, 1.165) is 17.0 Å². The standard InChI is InChI=1S/C19H23F2N3O2S/c1-4-26-15-9-19(22,18(15,2)3)16(25)24-17-23-10-12(27-17)7-11-5-6-13(20)14(21)8-11/h5-6,8,10,15H,4,7,9,22H2,1-3H3,(H,23,24,25). The van der Waals surface area contributed by atoms with Crippen molar-refractivity contribution < 1.29 is 18.3 Å². The quantitative estimate of drug-likeness (QED) is 0.785. The highest BCUT2D eigenvalue weighted by molar-refractivity contribution is 7.15. The molecule has 1 amide bonds. The van der Waals surface area contributed by atoms with Crippen LogP contribution in [0.3, 0.4) is 0 Å². The van der Waals surface area contributed by atoms with Gasteiger partial charge < -0.3 is 15.8 Å². The molecule has 8 heteroatoms. The van der Waals surface area contributed by atoms with Crippen LogP contribution in [-0.4, -0.2) is 29.1 Å². The van der Waals surface area contributed by atoms with E-state index in [1.54, 1.807) is 6.20 Å². The van der Waals surface area contributed by atoms with E-state index in [-0.39, 0.29) is 12.0 Å². The highest BCUT2D eigenvalue weighted by Gasteiger charge is 2.63. The Morgan fingerprint density at radius 1 is 1.41 bits per heavy atom. The predicted octanol–water partition coefficient (Wildman–Crippen LogP) is 3.48. The number of hydrogen-bond acceptors (Lipinski definition) is 5. The van der Waals surface area contributed by atoms with Crippen molar-refractivity contribution in [1.29, 1.82) is 0 Å². The molecule has 1 fully saturated rings. The number of carbonyl (C=O) groups excluding carboxylic acids is 1. The Bertz CT molecular complexity index is 855. The van der Waals surface area contributed by atoms with Gasteiger partial charge in [0.25, 0.3) is 0 Å². The van der Waals surface area contributed by atoms with E-state index in [1.165, 1.54) is 17.4 Å². The summed E-state index contributed by atoms with van der Waals surface area (Å²) in [6.07, 6.45) is 2.40. The first-order valence-electron chi connectivity index (χ1n) is 8.78. The number of thiazole rings is 1. The fraction of sp³-hybridized carbons (Fsp3) is 0.474. The van der Waals surface area contributed by atoms with Crippen molar-refractivity contribution in [2.45, 2.75) is 45.3 Å². The topological polar surface area (TPSA) is 77.2 Å². The van der Waals surface area contributed by atoms with E-state index < -0.39 is 22.6 Å². The second kappa shape index (κ2) is 7.26. The lowest BCUT2D eigenvalue weighted by Crippen LogP contribution is -2.74. The lowest BCUT2D eigenvalue weighted by Gasteiger charge is -2.57. The number of hydrogen-bond donors (Lipinski definition) is 2. The molecule has 5 nitrogen and oxygen atoms in total. The number of amides is 1. The molecule has 2 unspecified atom stereocenters. The van der Waals surface area contributed by atoms with Gasteiger partial charge in [0.05, 0.1) is 6.10 Å².